The number of hydrogen-bond donors (Lipinski definition) is 2. The lowest BCUT2D eigenvalue weighted by molar-refractivity contribution is 0.1000. The molecule has 0 bridgehead atoms. The van der Waals surface area contributed by atoms with Gasteiger partial charge >= 0.3 is 0 Å². The molecule has 6 heteroatoms. The second-order valence-corrected chi connectivity index (χ2v) is 5.37. The summed E-state index contributed by atoms with van der Waals surface area (Å²) in [6, 6.07) is 8.93. The van der Waals surface area contributed by atoms with Gasteiger partial charge in [-0.1, -0.05) is 19.4 Å². The highest BCUT2D eigenvalue weighted by Crippen LogP contribution is 2.31. The number of aromatic nitrogens is 1. The zero-order valence-corrected chi connectivity index (χ0v) is 14.0. The molecule has 0 aliphatic carbocycles. The molecule has 0 atom stereocenters. The number of ether oxygens (including phenoxy) is 2. The van der Waals surface area contributed by atoms with Crippen molar-refractivity contribution in [1.82, 2.24) is 10.3 Å². The minimum Gasteiger partial charge on any atom is -0.493 e. The van der Waals surface area contributed by atoms with Crippen molar-refractivity contribution in [1.29, 1.82) is 0 Å². The van der Waals surface area contributed by atoms with E-state index in [0.29, 0.717) is 22.9 Å². The molecule has 0 radical (unpaired) electrons. The molecule has 0 fully saturated rings. The van der Waals surface area contributed by atoms with Crippen LogP contribution in [0.1, 0.15) is 35.7 Å². The zero-order valence-electron chi connectivity index (χ0n) is 14.0. The Morgan fingerprint density at radius 2 is 2.08 bits per heavy atom. The summed E-state index contributed by atoms with van der Waals surface area (Å²) in [4.78, 5) is 15.1. The van der Waals surface area contributed by atoms with E-state index in [-0.39, 0.29) is 0 Å². The average molecular weight is 329 g/mol. The van der Waals surface area contributed by atoms with Gasteiger partial charge in [0.1, 0.15) is 0 Å². The number of benzene rings is 1. The molecular formula is C18H23N3O3. The third-order valence-corrected chi connectivity index (χ3v) is 3.50. The second-order valence-electron chi connectivity index (χ2n) is 5.37. The van der Waals surface area contributed by atoms with Gasteiger partial charge in [0.25, 0.3) is 0 Å². The molecule has 0 spiro atoms. The highest BCUT2D eigenvalue weighted by molar-refractivity contribution is 5.92. The van der Waals surface area contributed by atoms with E-state index < -0.39 is 5.91 Å². The Labute approximate surface area is 142 Å². The summed E-state index contributed by atoms with van der Waals surface area (Å²) in [6.45, 7) is 3.94. The predicted octanol–water partition coefficient (Wildman–Crippen LogP) is 2.87. The molecule has 0 unspecified atom stereocenters. The number of pyridine rings is 1. The Balaban J connectivity index is 2.05. The number of methoxy groups -OCH3 is 1. The largest absolute Gasteiger partial charge is 0.493 e. The lowest BCUT2D eigenvalue weighted by Gasteiger charge is -2.12. The Morgan fingerprint density at radius 1 is 1.25 bits per heavy atom. The summed E-state index contributed by atoms with van der Waals surface area (Å²) in [6.07, 6.45) is 3.71. The quantitative estimate of drug-likeness (QED) is 0.691. The van der Waals surface area contributed by atoms with Gasteiger partial charge in [-0.2, -0.15) is 0 Å². The van der Waals surface area contributed by atoms with Crippen LogP contribution >= 0.6 is 0 Å². The lowest BCUT2D eigenvalue weighted by Crippen LogP contribution is -2.14. The highest BCUT2D eigenvalue weighted by atomic mass is 16.5. The third-order valence-electron chi connectivity index (χ3n) is 3.50. The number of rotatable bonds is 9. The van der Waals surface area contributed by atoms with E-state index >= 15 is 0 Å². The summed E-state index contributed by atoms with van der Waals surface area (Å²) in [5.41, 5.74) is 6.65. The molecule has 2 aromatic rings. The molecule has 2 rings (SSSR count). The molecule has 1 heterocycles. The molecular weight excluding hydrogens is 306 g/mol. The summed E-state index contributed by atoms with van der Waals surface area (Å²) in [5.74, 6) is 1.04. The van der Waals surface area contributed by atoms with Crippen molar-refractivity contribution in [2.75, 3.05) is 13.7 Å². The number of nitrogens with one attached hydrogen (secondary N) is 1. The average Bonchev–Trinajstić information content (AvgIpc) is 2.60. The number of primary amides is 1. The van der Waals surface area contributed by atoms with Gasteiger partial charge in [0.15, 0.2) is 11.5 Å². The van der Waals surface area contributed by atoms with Gasteiger partial charge in [-0.05, 0) is 36.7 Å². The van der Waals surface area contributed by atoms with Crippen molar-refractivity contribution >= 4 is 5.91 Å². The van der Waals surface area contributed by atoms with Crippen molar-refractivity contribution < 1.29 is 14.3 Å². The molecule has 3 N–H and O–H groups in total. The van der Waals surface area contributed by atoms with Gasteiger partial charge in [-0.3, -0.25) is 4.79 Å². The fourth-order valence-electron chi connectivity index (χ4n) is 2.14. The number of nitrogens with zero attached hydrogens (tertiary/aromatic N) is 1. The van der Waals surface area contributed by atoms with Crippen LogP contribution in [0.2, 0.25) is 0 Å². The van der Waals surface area contributed by atoms with Gasteiger partial charge in [0.05, 0.1) is 12.7 Å². The van der Waals surface area contributed by atoms with E-state index in [0.717, 1.165) is 25.1 Å². The van der Waals surface area contributed by atoms with Crippen LogP contribution in [0.4, 0.5) is 0 Å². The third kappa shape index (κ3) is 4.96. The summed E-state index contributed by atoms with van der Waals surface area (Å²) in [5, 5.41) is 3.39. The Morgan fingerprint density at radius 3 is 2.71 bits per heavy atom. The summed E-state index contributed by atoms with van der Waals surface area (Å²) < 4.78 is 11.1. The molecule has 1 aromatic heterocycles. The smallest absolute Gasteiger partial charge is 0.250 e. The van der Waals surface area contributed by atoms with Gasteiger partial charge in [0, 0.05) is 18.8 Å². The lowest BCUT2D eigenvalue weighted by atomic mass is 10.2. The SMILES string of the molecule is CCCCNCc1ccc(Oc2ccc(C(N)=O)cn2)c(OC)c1. The van der Waals surface area contributed by atoms with Gasteiger partial charge in [-0.15, -0.1) is 0 Å². The van der Waals surface area contributed by atoms with Crippen LogP contribution in [0.5, 0.6) is 17.4 Å². The Bertz CT molecular complexity index is 672. The molecule has 0 aliphatic heterocycles. The number of carbonyl (C=O) groups is 1. The topological polar surface area (TPSA) is 86.5 Å². The first kappa shape index (κ1) is 17.7. The van der Waals surface area contributed by atoms with Crippen LogP contribution in [0.15, 0.2) is 36.5 Å². The van der Waals surface area contributed by atoms with Crippen molar-refractivity contribution in [2.45, 2.75) is 26.3 Å². The van der Waals surface area contributed by atoms with Crippen LogP contribution in [-0.2, 0) is 6.54 Å². The van der Waals surface area contributed by atoms with Gasteiger partial charge < -0.3 is 20.5 Å². The number of hydrogen-bond acceptors (Lipinski definition) is 5. The van der Waals surface area contributed by atoms with Gasteiger partial charge in [-0.25, -0.2) is 4.98 Å². The summed E-state index contributed by atoms with van der Waals surface area (Å²) >= 11 is 0. The van der Waals surface area contributed by atoms with Crippen LogP contribution in [0.3, 0.4) is 0 Å². The zero-order chi connectivity index (χ0) is 17.4. The fourth-order valence-corrected chi connectivity index (χ4v) is 2.14. The van der Waals surface area contributed by atoms with Crippen molar-refractivity contribution in [3.05, 3.63) is 47.7 Å². The van der Waals surface area contributed by atoms with E-state index in [4.69, 9.17) is 15.2 Å². The monoisotopic (exact) mass is 329 g/mol. The standard InChI is InChI=1S/C18H23N3O3/c1-3-4-9-20-11-13-5-7-15(16(10-13)23-2)24-17-8-6-14(12-21-17)18(19)22/h5-8,10,12,20H,3-4,9,11H2,1-2H3,(H2,19,22). The second kappa shape index (κ2) is 8.88. The number of unbranched alkanes of at least 4 members (excludes halogenated alkanes) is 1. The Kier molecular flexibility index (Phi) is 6.57. The maximum Gasteiger partial charge on any atom is 0.250 e. The Hall–Kier alpha value is -2.60. The molecule has 0 saturated carbocycles. The van der Waals surface area contributed by atoms with Crippen LogP contribution in [0.25, 0.3) is 0 Å². The van der Waals surface area contributed by atoms with Crippen molar-refractivity contribution in [3.8, 4) is 17.4 Å². The predicted molar refractivity (Wildman–Crippen MR) is 92.4 cm³/mol. The van der Waals surface area contributed by atoms with Crippen LogP contribution in [0, 0.1) is 0 Å². The molecule has 1 aromatic carbocycles. The molecule has 6 nitrogen and oxygen atoms in total. The first-order valence-electron chi connectivity index (χ1n) is 7.95. The van der Waals surface area contributed by atoms with Gasteiger partial charge in [0.2, 0.25) is 11.8 Å². The highest BCUT2D eigenvalue weighted by Gasteiger charge is 2.09. The minimum atomic E-state index is -0.522. The maximum atomic E-state index is 11.1. The van der Waals surface area contributed by atoms with E-state index in [1.807, 2.05) is 18.2 Å². The maximum absolute atomic E-state index is 11.1. The minimum absolute atomic E-state index is 0.336. The first-order chi connectivity index (χ1) is 11.6. The van der Waals surface area contributed by atoms with Crippen LogP contribution in [-0.4, -0.2) is 24.5 Å². The molecule has 0 saturated heterocycles. The van der Waals surface area contributed by atoms with E-state index in [1.165, 1.54) is 12.6 Å². The molecule has 1 amide bonds. The van der Waals surface area contributed by atoms with Crippen molar-refractivity contribution in [2.24, 2.45) is 5.73 Å². The summed E-state index contributed by atoms with van der Waals surface area (Å²) in [7, 11) is 1.60. The van der Waals surface area contributed by atoms with E-state index in [1.54, 1.807) is 19.2 Å². The van der Waals surface area contributed by atoms with E-state index in [2.05, 4.69) is 17.2 Å². The molecule has 24 heavy (non-hydrogen) atoms. The number of carbonyl (C=O) groups excluding carboxylic acids is 1. The molecule has 128 valence electrons. The normalized spacial score (nSPS) is 10.4. The number of nitrogens with two attached hydrogens (primary N) is 1. The van der Waals surface area contributed by atoms with E-state index in [9.17, 15) is 4.79 Å². The fraction of sp³-hybridized carbons (Fsp3) is 0.333. The first-order valence-corrected chi connectivity index (χ1v) is 7.95. The van der Waals surface area contributed by atoms with Crippen molar-refractivity contribution in [3.63, 3.8) is 0 Å². The van der Waals surface area contributed by atoms with Crippen LogP contribution < -0.4 is 20.5 Å². The number of amides is 1. The molecule has 0 aliphatic rings.